The van der Waals surface area contributed by atoms with E-state index in [9.17, 15) is 9.59 Å². The van der Waals surface area contributed by atoms with Gasteiger partial charge in [0, 0.05) is 46.8 Å². The lowest BCUT2D eigenvalue weighted by atomic mass is 10.3. The van der Waals surface area contributed by atoms with E-state index in [0.717, 1.165) is 4.47 Å². The summed E-state index contributed by atoms with van der Waals surface area (Å²) in [7, 11) is 3.28. The van der Waals surface area contributed by atoms with Gasteiger partial charge >= 0.3 is 11.5 Å². The largest absolute Gasteiger partial charge is 0.419 e. The van der Waals surface area contributed by atoms with E-state index in [2.05, 4.69) is 44.2 Å². The Morgan fingerprint density at radius 3 is 1.93 bits per heavy atom. The third kappa shape index (κ3) is 4.54. The van der Waals surface area contributed by atoms with Crippen molar-refractivity contribution >= 4 is 89.6 Å². The maximum atomic E-state index is 11.1. The number of rotatable bonds is 0. The van der Waals surface area contributed by atoms with E-state index in [1.807, 2.05) is 0 Å². The molecule has 0 amide bonds. The van der Waals surface area contributed by atoms with Crippen LogP contribution in [0, 0.1) is 0 Å². The minimum atomic E-state index is -0.407. The van der Waals surface area contributed by atoms with Crippen LogP contribution in [0.25, 0.3) is 22.2 Å². The van der Waals surface area contributed by atoms with Crippen molar-refractivity contribution in [2.24, 2.45) is 14.1 Å². The predicted molar refractivity (Wildman–Crippen MR) is 118 cm³/mol. The van der Waals surface area contributed by atoms with Crippen molar-refractivity contribution in [1.29, 1.82) is 0 Å². The van der Waals surface area contributed by atoms with Crippen molar-refractivity contribution < 1.29 is 8.83 Å². The van der Waals surface area contributed by atoms with E-state index in [1.54, 1.807) is 44.4 Å². The average Bonchev–Trinajstić information content (AvgIpc) is 3.12. The monoisotopic (exact) mass is 602 g/mol. The number of oxazole rings is 2. The first kappa shape index (κ1) is 22.3. The quantitative estimate of drug-likeness (QED) is 0.246. The number of aromatic nitrogens is 2. The van der Waals surface area contributed by atoms with Crippen LogP contribution in [0.5, 0.6) is 0 Å². The molecule has 11 heteroatoms. The third-order valence-corrected chi connectivity index (χ3v) is 5.19. The molecule has 0 radical (unpaired) electrons. The lowest BCUT2D eigenvalue weighted by molar-refractivity contribution is 0.528. The first-order valence-corrected chi connectivity index (χ1v) is 12.4. The van der Waals surface area contributed by atoms with E-state index in [-0.39, 0.29) is 0 Å². The standard InChI is InChI=1S/C8H5BrClNO2.C8H6ClNO2.Br2/c1-11-5-3-2-4(9)6(10)7(5)13-8(11)12;1-10-6-4-2-3-5(9)7(6)12-8(10)11;1-2/h2-3H,1H3;2-4H,1H3;. The van der Waals surface area contributed by atoms with Crippen molar-refractivity contribution in [3.05, 3.63) is 66.0 Å². The molecule has 0 spiro atoms. The van der Waals surface area contributed by atoms with E-state index >= 15 is 0 Å². The van der Waals surface area contributed by atoms with Crippen LogP contribution in [0.3, 0.4) is 0 Å². The Labute approximate surface area is 186 Å². The van der Waals surface area contributed by atoms with Crippen LogP contribution in [-0.2, 0) is 14.1 Å². The zero-order chi connectivity index (χ0) is 20.3. The highest BCUT2D eigenvalue weighted by molar-refractivity contribution is 9.93. The first-order valence-electron chi connectivity index (χ1n) is 7.13. The van der Waals surface area contributed by atoms with Gasteiger partial charge in [0.25, 0.3) is 0 Å². The van der Waals surface area contributed by atoms with Gasteiger partial charge in [0.2, 0.25) is 0 Å². The van der Waals surface area contributed by atoms with Crippen LogP contribution in [0.2, 0.25) is 10.0 Å². The molecule has 4 rings (SSSR count). The summed E-state index contributed by atoms with van der Waals surface area (Å²) in [4.78, 5) is 22.2. The van der Waals surface area contributed by atoms with Gasteiger partial charge in [-0.3, -0.25) is 9.13 Å². The Kier molecular flexibility index (Phi) is 7.82. The Morgan fingerprint density at radius 2 is 1.37 bits per heavy atom. The molecule has 0 unspecified atom stereocenters. The molecule has 0 aliphatic rings. The number of fused-ring (bicyclic) bond motifs is 2. The zero-order valence-electron chi connectivity index (χ0n) is 13.8. The van der Waals surface area contributed by atoms with Crippen molar-refractivity contribution in [3.63, 3.8) is 0 Å². The second kappa shape index (κ2) is 9.47. The SMILES string of the molecule is BrBr.Cn1c(=O)oc2c(Cl)c(Br)ccc21.Cn1c(=O)oc2c(Cl)cccc21. The summed E-state index contributed by atoms with van der Waals surface area (Å²) in [6.07, 6.45) is 0. The topological polar surface area (TPSA) is 70.3 Å². The molecule has 144 valence electrons. The minimum Gasteiger partial charge on any atom is -0.406 e. The molecule has 4 aromatic rings. The van der Waals surface area contributed by atoms with Crippen LogP contribution >= 0.6 is 67.4 Å². The third-order valence-electron chi connectivity index (χ3n) is 3.62. The fraction of sp³-hybridized carbons (Fsp3) is 0.125. The van der Waals surface area contributed by atoms with Gasteiger partial charge in [0.1, 0.15) is 0 Å². The van der Waals surface area contributed by atoms with Crippen LogP contribution in [0.4, 0.5) is 0 Å². The van der Waals surface area contributed by atoms with Gasteiger partial charge in [0.05, 0.1) is 21.1 Å². The fourth-order valence-corrected chi connectivity index (χ4v) is 2.97. The van der Waals surface area contributed by atoms with Crippen molar-refractivity contribution in [2.45, 2.75) is 0 Å². The number of aryl methyl sites for hydroxylation is 2. The van der Waals surface area contributed by atoms with Gasteiger partial charge in [-0.2, -0.15) is 0 Å². The van der Waals surface area contributed by atoms with Gasteiger partial charge in [-0.05, 0) is 40.2 Å². The molecule has 27 heavy (non-hydrogen) atoms. The molecule has 2 aromatic carbocycles. The first-order chi connectivity index (χ1) is 12.8. The molecule has 0 bridgehead atoms. The molecule has 0 fully saturated rings. The molecule has 0 aliphatic carbocycles. The van der Waals surface area contributed by atoms with E-state index in [1.165, 1.54) is 9.13 Å². The number of halogens is 5. The minimum absolute atomic E-state index is 0.391. The number of nitrogens with zero attached hydrogens (tertiary/aromatic N) is 2. The highest BCUT2D eigenvalue weighted by atomic mass is 80.9. The van der Waals surface area contributed by atoms with Crippen LogP contribution in [0.1, 0.15) is 0 Å². The highest BCUT2D eigenvalue weighted by Crippen LogP contribution is 2.30. The number of hydrogen-bond acceptors (Lipinski definition) is 4. The Bertz CT molecular complexity index is 1210. The van der Waals surface area contributed by atoms with Gasteiger partial charge in [0.15, 0.2) is 11.2 Å². The van der Waals surface area contributed by atoms with E-state index < -0.39 is 11.5 Å². The maximum absolute atomic E-state index is 11.1. The molecule has 0 atom stereocenters. The van der Waals surface area contributed by atoms with Crippen molar-refractivity contribution in [3.8, 4) is 0 Å². The molecule has 0 saturated heterocycles. The molecule has 2 heterocycles. The molecule has 0 aliphatic heterocycles. The number of hydrogen-bond donors (Lipinski definition) is 0. The molecular weight excluding hydrogens is 595 g/mol. The predicted octanol–water partition coefficient (Wildman–Crippen LogP) is 6.02. The smallest absolute Gasteiger partial charge is 0.406 e. The van der Waals surface area contributed by atoms with Crippen molar-refractivity contribution in [2.75, 3.05) is 0 Å². The van der Waals surface area contributed by atoms with Gasteiger partial charge in [-0.1, -0.05) is 29.3 Å². The summed E-state index contributed by atoms with van der Waals surface area (Å²) >= 11 is 20.5. The van der Waals surface area contributed by atoms with Crippen molar-refractivity contribution in [1.82, 2.24) is 9.13 Å². The van der Waals surface area contributed by atoms with Crippen LogP contribution in [-0.4, -0.2) is 9.13 Å². The van der Waals surface area contributed by atoms with Gasteiger partial charge in [-0.15, -0.1) is 0 Å². The summed E-state index contributed by atoms with van der Waals surface area (Å²) in [5, 5.41) is 0.889. The van der Waals surface area contributed by atoms with E-state index in [0.29, 0.717) is 32.2 Å². The molecule has 6 nitrogen and oxygen atoms in total. The molecule has 2 aromatic heterocycles. The lowest BCUT2D eigenvalue weighted by Gasteiger charge is -1.95. The number of para-hydroxylation sites is 1. The summed E-state index contributed by atoms with van der Waals surface area (Å²) < 4.78 is 13.4. The molecular formula is C16H11Br3Cl2N2O4. The summed E-state index contributed by atoms with van der Waals surface area (Å²) in [5.74, 6) is -0.798. The van der Waals surface area contributed by atoms with Crippen LogP contribution in [0.15, 0.2) is 53.2 Å². The van der Waals surface area contributed by atoms with E-state index in [4.69, 9.17) is 32.0 Å². The van der Waals surface area contributed by atoms with Gasteiger partial charge in [-0.25, -0.2) is 9.59 Å². The lowest BCUT2D eigenvalue weighted by Crippen LogP contribution is -2.08. The average molecular weight is 606 g/mol. The Morgan fingerprint density at radius 1 is 0.852 bits per heavy atom. The van der Waals surface area contributed by atoms with Crippen LogP contribution < -0.4 is 11.5 Å². The second-order valence-corrected chi connectivity index (χ2v) is 6.79. The molecule has 0 N–H and O–H groups in total. The normalized spacial score (nSPS) is 10.3. The maximum Gasteiger partial charge on any atom is 0.419 e. The summed E-state index contributed by atoms with van der Waals surface area (Å²) in [5.41, 5.74) is 2.28. The highest BCUT2D eigenvalue weighted by Gasteiger charge is 2.11. The molecule has 0 saturated carbocycles. The zero-order valence-corrected chi connectivity index (χ0v) is 20.1. The number of benzene rings is 2. The summed E-state index contributed by atoms with van der Waals surface area (Å²) in [6, 6.07) is 8.80. The Balaban J connectivity index is 0.000000178. The second-order valence-electron chi connectivity index (χ2n) is 5.15. The van der Waals surface area contributed by atoms with Gasteiger partial charge < -0.3 is 8.83 Å². The Hall–Kier alpha value is -1.00. The summed E-state index contributed by atoms with van der Waals surface area (Å²) in [6.45, 7) is 0. The fourth-order valence-electron chi connectivity index (χ4n) is 2.25.